The molecule has 2 nitrogen and oxygen atoms in total. The Morgan fingerprint density at radius 2 is 1.39 bits per heavy atom. The van der Waals surface area contributed by atoms with Crippen molar-refractivity contribution in [3.05, 3.63) is 95.1 Å². The molecule has 0 bridgehead atoms. The lowest BCUT2D eigenvalue weighted by Gasteiger charge is -2.21. The Morgan fingerprint density at radius 3 is 1.97 bits per heavy atom. The van der Waals surface area contributed by atoms with Gasteiger partial charge in [-0.25, -0.2) is 8.78 Å². The zero-order valence-corrected chi connectivity index (χ0v) is 16.7. The highest BCUT2D eigenvalue weighted by atomic mass is 19.4. The van der Waals surface area contributed by atoms with Gasteiger partial charge in [0.2, 0.25) is 0 Å². The van der Waals surface area contributed by atoms with Crippen molar-refractivity contribution in [3.63, 3.8) is 0 Å². The molecule has 3 aromatic carbocycles. The third kappa shape index (κ3) is 6.67. The summed E-state index contributed by atoms with van der Waals surface area (Å²) in [6, 6.07) is 11.0. The Morgan fingerprint density at radius 1 is 0.758 bits per heavy atom. The summed E-state index contributed by atoms with van der Waals surface area (Å²) in [7, 11) is 0. The second-order valence-electron chi connectivity index (χ2n) is 7.05. The predicted octanol–water partition coefficient (Wildman–Crippen LogP) is 7.64. The fourth-order valence-electron chi connectivity index (χ4n) is 2.92. The summed E-state index contributed by atoms with van der Waals surface area (Å²) in [5.41, 5.74) is -1.15. The van der Waals surface area contributed by atoms with Gasteiger partial charge < -0.3 is 9.47 Å². The van der Waals surface area contributed by atoms with Crippen LogP contribution in [0.5, 0.6) is 11.5 Å². The van der Waals surface area contributed by atoms with Crippen molar-refractivity contribution in [3.8, 4) is 11.5 Å². The number of alkyl halides is 6. The number of rotatable bonds is 7. The highest BCUT2D eigenvalue weighted by Crippen LogP contribution is 2.37. The molecule has 1 atom stereocenters. The molecular weight excluding hydrogens is 460 g/mol. The molecule has 0 spiro atoms. The summed E-state index contributed by atoms with van der Waals surface area (Å²) in [4.78, 5) is 0. The summed E-state index contributed by atoms with van der Waals surface area (Å²) in [5.74, 6) is -3.51. The third-order valence-electron chi connectivity index (χ3n) is 4.63. The average Bonchev–Trinajstić information content (AvgIpc) is 2.73. The lowest BCUT2D eigenvalue weighted by atomic mass is 9.98. The van der Waals surface area contributed by atoms with Gasteiger partial charge in [-0.2, -0.15) is 26.3 Å². The van der Waals surface area contributed by atoms with Gasteiger partial charge in [0.1, 0.15) is 17.5 Å². The number of halogens is 8. The van der Waals surface area contributed by atoms with Crippen LogP contribution in [-0.4, -0.2) is 12.8 Å². The molecule has 0 N–H and O–H groups in total. The fraction of sp³-hybridized carbons (Fsp3) is 0.217. The molecule has 0 amide bonds. The van der Waals surface area contributed by atoms with Crippen LogP contribution >= 0.6 is 0 Å². The Labute approximate surface area is 183 Å². The number of hydrogen-bond acceptors (Lipinski definition) is 2. The maximum absolute atomic E-state index is 14.0. The summed E-state index contributed by atoms with van der Waals surface area (Å²) in [6.07, 6.45) is -9.43. The summed E-state index contributed by atoms with van der Waals surface area (Å²) in [5, 5.41) is 0. The Kier molecular flexibility index (Phi) is 7.26. The fourth-order valence-corrected chi connectivity index (χ4v) is 2.92. The van der Waals surface area contributed by atoms with Crippen molar-refractivity contribution in [2.24, 2.45) is 0 Å². The van der Waals surface area contributed by atoms with Crippen LogP contribution in [0.2, 0.25) is 0 Å². The molecule has 0 saturated carbocycles. The van der Waals surface area contributed by atoms with Crippen LogP contribution in [0.25, 0.3) is 0 Å². The molecule has 10 heteroatoms. The van der Waals surface area contributed by atoms with Crippen molar-refractivity contribution >= 4 is 0 Å². The van der Waals surface area contributed by atoms with E-state index in [1.54, 1.807) is 0 Å². The smallest absolute Gasteiger partial charge is 0.416 e. The first-order valence-corrected chi connectivity index (χ1v) is 9.47. The van der Waals surface area contributed by atoms with Crippen molar-refractivity contribution in [2.45, 2.75) is 24.9 Å². The topological polar surface area (TPSA) is 18.5 Å². The van der Waals surface area contributed by atoms with Gasteiger partial charge >= 0.3 is 12.4 Å². The summed E-state index contributed by atoms with van der Waals surface area (Å²) >= 11 is 0. The molecule has 0 aliphatic heterocycles. The molecule has 0 aliphatic carbocycles. The first kappa shape index (κ1) is 24.5. The van der Waals surface area contributed by atoms with E-state index < -0.39 is 42.1 Å². The largest absolute Gasteiger partial charge is 0.454 e. The molecule has 1 unspecified atom stereocenters. The van der Waals surface area contributed by atoms with Crippen LogP contribution in [0, 0.1) is 11.6 Å². The SMILES string of the molecule is Fc1ccc(Oc2cc(COCC(c3ccc(C(F)(F)F)cc3)C(F)(F)F)ccc2F)cc1. The number of ether oxygens (including phenoxy) is 2. The normalized spacial score (nSPS) is 13.1. The molecule has 0 aliphatic rings. The quantitative estimate of drug-likeness (QED) is 0.326. The molecule has 3 aromatic rings. The van der Waals surface area contributed by atoms with Crippen LogP contribution in [0.15, 0.2) is 66.7 Å². The zero-order valence-electron chi connectivity index (χ0n) is 16.7. The average molecular weight is 476 g/mol. The summed E-state index contributed by atoms with van der Waals surface area (Å²) in [6.45, 7) is -1.20. The van der Waals surface area contributed by atoms with Gasteiger partial charge in [-0.1, -0.05) is 18.2 Å². The molecule has 0 aromatic heterocycles. The van der Waals surface area contributed by atoms with Crippen LogP contribution in [0.1, 0.15) is 22.6 Å². The molecule has 0 saturated heterocycles. The van der Waals surface area contributed by atoms with Crippen LogP contribution in [0.3, 0.4) is 0 Å². The lowest BCUT2D eigenvalue weighted by molar-refractivity contribution is -0.163. The van der Waals surface area contributed by atoms with E-state index >= 15 is 0 Å². The van der Waals surface area contributed by atoms with Crippen molar-refractivity contribution < 1.29 is 44.6 Å². The van der Waals surface area contributed by atoms with Gasteiger partial charge in [0.05, 0.1) is 18.8 Å². The van der Waals surface area contributed by atoms with Gasteiger partial charge in [-0.05, 0) is 59.7 Å². The summed E-state index contributed by atoms with van der Waals surface area (Å²) < 4.78 is 116. The van der Waals surface area contributed by atoms with E-state index in [-0.39, 0.29) is 23.7 Å². The van der Waals surface area contributed by atoms with Gasteiger partial charge in [-0.15, -0.1) is 0 Å². The molecule has 0 radical (unpaired) electrons. The minimum absolute atomic E-state index is 0.146. The van der Waals surface area contributed by atoms with Gasteiger partial charge in [0.15, 0.2) is 11.6 Å². The van der Waals surface area contributed by atoms with E-state index in [1.807, 2.05) is 0 Å². The van der Waals surface area contributed by atoms with E-state index in [1.165, 1.54) is 24.3 Å². The molecular formula is C23H16F8O2. The van der Waals surface area contributed by atoms with Crippen LogP contribution in [-0.2, 0) is 17.5 Å². The number of hydrogen-bond donors (Lipinski definition) is 0. The third-order valence-corrected chi connectivity index (χ3v) is 4.63. The highest BCUT2D eigenvalue weighted by Gasteiger charge is 2.41. The first-order valence-electron chi connectivity index (χ1n) is 9.47. The second-order valence-corrected chi connectivity index (χ2v) is 7.05. The van der Waals surface area contributed by atoms with Gasteiger partial charge in [0, 0.05) is 0 Å². The Balaban J connectivity index is 1.68. The highest BCUT2D eigenvalue weighted by molar-refractivity contribution is 5.35. The monoisotopic (exact) mass is 476 g/mol. The molecule has 0 fully saturated rings. The first-order chi connectivity index (χ1) is 15.4. The molecule has 176 valence electrons. The number of benzene rings is 3. The maximum atomic E-state index is 14.0. The molecule has 0 heterocycles. The van der Waals surface area contributed by atoms with E-state index in [0.717, 1.165) is 30.3 Å². The maximum Gasteiger partial charge on any atom is 0.416 e. The minimum Gasteiger partial charge on any atom is -0.454 e. The van der Waals surface area contributed by atoms with Crippen molar-refractivity contribution in [1.82, 2.24) is 0 Å². The Hall–Kier alpha value is -3.14. The standard InChI is InChI=1S/C23H16F8O2/c24-17-6-8-18(9-7-17)33-21-11-14(1-10-20(21)25)12-32-13-19(23(29,30)31)15-2-4-16(5-3-15)22(26,27)28/h1-11,19H,12-13H2. The van der Waals surface area contributed by atoms with Gasteiger partial charge in [0.25, 0.3) is 0 Å². The molecule has 3 rings (SSSR count). The van der Waals surface area contributed by atoms with Crippen LogP contribution in [0.4, 0.5) is 35.1 Å². The van der Waals surface area contributed by atoms with Crippen molar-refractivity contribution in [1.29, 1.82) is 0 Å². The van der Waals surface area contributed by atoms with E-state index in [2.05, 4.69) is 0 Å². The predicted molar refractivity (Wildman–Crippen MR) is 103 cm³/mol. The second kappa shape index (κ2) is 9.78. The van der Waals surface area contributed by atoms with Gasteiger partial charge in [-0.3, -0.25) is 0 Å². The minimum atomic E-state index is -4.76. The zero-order chi connectivity index (χ0) is 24.2. The van der Waals surface area contributed by atoms with E-state index in [9.17, 15) is 35.1 Å². The van der Waals surface area contributed by atoms with E-state index in [4.69, 9.17) is 9.47 Å². The molecule has 33 heavy (non-hydrogen) atoms. The van der Waals surface area contributed by atoms with Crippen molar-refractivity contribution in [2.75, 3.05) is 6.61 Å². The lowest BCUT2D eigenvalue weighted by Crippen LogP contribution is -2.25. The Bertz CT molecular complexity index is 1060. The van der Waals surface area contributed by atoms with E-state index in [0.29, 0.717) is 17.7 Å². The van der Waals surface area contributed by atoms with Crippen LogP contribution < -0.4 is 4.74 Å².